The van der Waals surface area contributed by atoms with Crippen LogP contribution in [0.3, 0.4) is 0 Å². The molecule has 0 aromatic heterocycles. The Morgan fingerprint density at radius 1 is 1.24 bits per heavy atom. The van der Waals surface area contributed by atoms with Gasteiger partial charge >= 0.3 is 0 Å². The third-order valence-electron chi connectivity index (χ3n) is 4.38. The number of carbonyl (C=O) groups excluding carboxylic acids is 2. The summed E-state index contributed by atoms with van der Waals surface area (Å²) in [4.78, 5) is 25.4. The molecule has 1 saturated carbocycles. The zero-order valence-corrected chi connectivity index (χ0v) is 12.0. The first-order chi connectivity index (χ1) is 10.1. The number of hydrogen-bond acceptors (Lipinski definition) is 3. The lowest BCUT2D eigenvalue weighted by atomic mass is 9.80. The molecule has 0 bridgehead atoms. The SMILES string of the molecule is O=C(NCC1(O)CCC1)c1ccc(N2CCCC2=O)cc1. The van der Waals surface area contributed by atoms with Crippen molar-refractivity contribution in [2.45, 2.75) is 37.7 Å². The lowest BCUT2D eigenvalue weighted by Crippen LogP contribution is -2.47. The van der Waals surface area contributed by atoms with Crippen LogP contribution in [-0.2, 0) is 4.79 Å². The molecule has 5 heteroatoms. The van der Waals surface area contributed by atoms with Crippen molar-refractivity contribution in [1.29, 1.82) is 0 Å². The Labute approximate surface area is 123 Å². The standard InChI is InChI=1S/C16H20N2O3/c19-14-3-1-10-18(14)13-6-4-12(5-7-13)15(20)17-11-16(21)8-2-9-16/h4-7,21H,1-3,8-11H2,(H,17,20). The van der Waals surface area contributed by atoms with Crippen LogP contribution < -0.4 is 10.2 Å². The van der Waals surface area contributed by atoms with E-state index < -0.39 is 5.60 Å². The molecular formula is C16H20N2O3. The van der Waals surface area contributed by atoms with Crippen molar-refractivity contribution >= 4 is 17.5 Å². The maximum Gasteiger partial charge on any atom is 0.251 e. The van der Waals surface area contributed by atoms with Crippen molar-refractivity contribution in [2.24, 2.45) is 0 Å². The Morgan fingerprint density at radius 2 is 1.95 bits per heavy atom. The normalized spacial score (nSPS) is 20.2. The fraction of sp³-hybridized carbons (Fsp3) is 0.500. The van der Waals surface area contributed by atoms with Crippen LogP contribution in [-0.4, -0.2) is 35.6 Å². The molecule has 21 heavy (non-hydrogen) atoms. The third-order valence-corrected chi connectivity index (χ3v) is 4.38. The molecule has 1 heterocycles. The molecule has 1 saturated heterocycles. The molecule has 2 N–H and O–H groups in total. The van der Waals surface area contributed by atoms with Gasteiger partial charge in [0, 0.05) is 30.8 Å². The predicted molar refractivity (Wildman–Crippen MR) is 79.2 cm³/mol. The van der Waals surface area contributed by atoms with Gasteiger partial charge in [0.2, 0.25) is 5.91 Å². The quantitative estimate of drug-likeness (QED) is 0.881. The maximum atomic E-state index is 12.0. The fourth-order valence-corrected chi connectivity index (χ4v) is 2.82. The van der Waals surface area contributed by atoms with Crippen LogP contribution >= 0.6 is 0 Å². The average Bonchev–Trinajstić information content (AvgIpc) is 2.89. The number of rotatable bonds is 4. The smallest absolute Gasteiger partial charge is 0.251 e. The van der Waals surface area contributed by atoms with Gasteiger partial charge in [0.15, 0.2) is 0 Å². The predicted octanol–water partition coefficient (Wildman–Crippen LogP) is 1.46. The number of amides is 2. The summed E-state index contributed by atoms with van der Waals surface area (Å²) >= 11 is 0. The summed E-state index contributed by atoms with van der Waals surface area (Å²) in [6.07, 6.45) is 4.01. The molecule has 1 aromatic carbocycles. The molecule has 1 aliphatic heterocycles. The molecule has 2 aliphatic rings. The highest BCUT2D eigenvalue weighted by molar-refractivity contribution is 5.97. The Kier molecular flexibility index (Phi) is 3.68. The molecule has 112 valence electrons. The molecule has 0 atom stereocenters. The minimum Gasteiger partial charge on any atom is -0.388 e. The lowest BCUT2D eigenvalue weighted by Gasteiger charge is -2.36. The molecule has 2 amide bonds. The molecule has 3 rings (SSSR count). The van der Waals surface area contributed by atoms with Crippen LogP contribution in [0.25, 0.3) is 0 Å². The van der Waals surface area contributed by atoms with Gasteiger partial charge in [0.1, 0.15) is 0 Å². The van der Waals surface area contributed by atoms with Crippen molar-refractivity contribution in [2.75, 3.05) is 18.0 Å². The van der Waals surface area contributed by atoms with Crippen LogP contribution in [0.2, 0.25) is 0 Å². The second-order valence-corrected chi connectivity index (χ2v) is 5.96. The maximum absolute atomic E-state index is 12.0. The van der Waals surface area contributed by atoms with E-state index in [0.29, 0.717) is 18.5 Å². The average molecular weight is 288 g/mol. The second kappa shape index (κ2) is 5.48. The zero-order valence-electron chi connectivity index (χ0n) is 12.0. The molecule has 1 aromatic rings. The monoisotopic (exact) mass is 288 g/mol. The summed E-state index contributed by atoms with van der Waals surface area (Å²) in [5.74, 6) is -0.0472. The zero-order chi connectivity index (χ0) is 14.9. The number of anilines is 1. The van der Waals surface area contributed by atoms with E-state index in [2.05, 4.69) is 5.32 Å². The van der Waals surface area contributed by atoms with E-state index in [1.165, 1.54) is 0 Å². The number of benzene rings is 1. The highest BCUT2D eigenvalue weighted by atomic mass is 16.3. The van der Waals surface area contributed by atoms with Crippen molar-refractivity contribution in [3.8, 4) is 0 Å². The molecule has 2 fully saturated rings. The Balaban J connectivity index is 1.60. The van der Waals surface area contributed by atoms with E-state index in [1.54, 1.807) is 29.2 Å². The molecule has 1 aliphatic carbocycles. The van der Waals surface area contributed by atoms with Gasteiger partial charge < -0.3 is 15.3 Å². The molecule has 0 spiro atoms. The minimum absolute atomic E-state index is 0.138. The van der Waals surface area contributed by atoms with E-state index in [-0.39, 0.29) is 11.8 Å². The first kappa shape index (κ1) is 14.1. The van der Waals surface area contributed by atoms with Crippen molar-refractivity contribution in [3.05, 3.63) is 29.8 Å². The van der Waals surface area contributed by atoms with E-state index >= 15 is 0 Å². The van der Waals surface area contributed by atoms with Crippen LogP contribution in [0.15, 0.2) is 24.3 Å². The largest absolute Gasteiger partial charge is 0.388 e. The second-order valence-electron chi connectivity index (χ2n) is 5.96. The summed E-state index contributed by atoms with van der Waals surface area (Å²) in [6, 6.07) is 7.05. The third kappa shape index (κ3) is 2.93. The molecule has 5 nitrogen and oxygen atoms in total. The fourth-order valence-electron chi connectivity index (χ4n) is 2.82. The summed E-state index contributed by atoms with van der Waals surface area (Å²) < 4.78 is 0. The summed E-state index contributed by atoms with van der Waals surface area (Å²) in [7, 11) is 0. The van der Waals surface area contributed by atoms with E-state index in [1.807, 2.05) is 0 Å². The van der Waals surface area contributed by atoms with E-state index in [9.17, 15) is 14.7 Å². The molecule has 0 unspecified atom stereocenters. The van der Waals surface area contributed by atoms with Gasteiger partial charge in [-0.1, -0.05) is 0 Å². The summed E-state index contributed by atoms with van der Waals surface area (Å²) in [5, 5.41) is 12.7. The van der Waals surface area contributed by atoms with Gasteiger partial charge in [-0.25, -0.2) is 0 Å². The lowest BCUT2D eigenvalue weighted by molar-refractivity contribution is -0.117. The van der Waals surface area contributed by atoms with Crippen molar-refractivity contribution in [1.82, 2.24) is 5.32 Å². The topological polar surface area (TPSA) is 69.6 Å². The molecular weight excluding hydrogens is 268 g/mol. The van der Waals surface area contributed by atoms with Gasteiger partial charge in [-0.3, -0.25) is 9.59 Å². The highest BCUT2D eigenvalue weighted by Crippen LogP contribution is 2.30. The van der Waals surface area contributed by atoms with Crippen molar-refractivity contribution < 1.29 is 14.7 Å². The number of aliphatic hydroxyl groups is 1. The van der Waals surface area contributed by atoms with Crippen LogP contribution in [0.1, 0.15) is 42.5 Å². The number of carbonyl (C=O) groups is 2. The first-order valence-corrected chi connectivity index (χ1v) is 7.48. The summed E-state index contributed by atoms with van der Waals surface area (Å²) in [6.45, 7) is 1.05. The van der Waals surface area contributed by atoms with Gasteiger partial charge in [0.25, 0.3) is 5.91 Å². The van der Waals surface area contributed by atoms with E-state index in [4.69, 9.17) is 0 Å². The number of hydrogen-bond donors (Lipinski definition) is 2. The molecule has 0 radical (unpaired) electrons. The Bertz CT molecular complexity index is 549. The van der Waals surface area contributed by atoms with Crippen molar-refractivity contribution in [3.63, 3.8) is 0 Å². The Hall–Kier alpha value is -1.88. The van der Waals surface area contributed by atoms with Crippen LogP contribution in [0.5, 0.6) is 0 Å². The first-order valence-electron chi connectivity index (χ1n) is 7.48. The number of nitrogens with zero attached hydrogens (tertiary/aromatic N) is 1. The number of nitrogens with one attached hydrogen (secondary N) is 1. The highest BCUT2D eigenvalue weighted by Gasteiger charge is 2.34. The van der Waals surface area contributed by atoms with Gasteiger partial charge in [0.05, 0.1) is 5.60 Å². The van der Waals surface area contributed by atoms with Gasteiger partial charge in [-0.15, -0.1) is 0 Å². The Morgan fingerprint density at radius 3 is 2.48 bits per heavy atom. The minimum atomic E-state index is -0.711. The van der Waals surface area contributed by atoms with Crippen LogP contribution in [0.4, 0.5) is 5.69 Å². The van der Waals surface area contributed by atoms with Gasteiger partial charge in [-0.2, -0.15) is 0 Å². The van der Waals surface area contributed by atoms with E-state index in [0.717, 1.165) is 37.9 Å². The van der Waals surface area contributed by atoms with Crippen LogP contribution in [0, 0.1) is 0 Å². The van der Waals surface area contributed by atoms with Gasteiger partial charge in [-0.05, 0) is 49.9 Å². The summed E-state index contributed by atoms with van der Waals surface area (Å²) in [5.41, 5.74) is 0.678.